The predicted molar refractivity (Wildman–Crippen MR) is 53.2 cm³/mol. The van der Waals surface area contributed by atoms with E-state index in [2.05, 4.69) is 37.6 Å². The van der Waals surface area contributed by atoms with Gasteiger partial charge >= 0.3 is 0 Å². The highest BCUT2D eigenvalue weighted by Gasteiger charge is 2.23. The predicted octanol–water partition coefficient (Wildman–Crippen LogP) is 2.50. The number of hydrogen-bond acceptors (Lipinski definition) is 2. The topological polar surface area (TPSA) is 24.7 Å². The standard InChI is InChI=1S/C8H15N2P/c1-8(2,3)6-5-7(11-4)10-9-6/h11H,5H2,1-4H3. The number of hydrogen-bond donors (Lipinski definition) is 0. The molecule has 0 bridgehead atoms. The Balaban J connectivity index is 2.60. The molecule has 2 nitrogen and oxygen atoms in total. The van der Waals surface area contributed by atoms with Gasteiger partial charge in [0, 0.05) is 11.8 Å². The molecule has 11 heavy (non-hydrogen) atoms. The van der Waals surface area contributed by atoms with Gasteiger partial charge in [-0.3, -0.25) is 0 Å². The minimum atomic E-state index is 0.199. The summed E-state index contributed by atoms with van der Waals surface area (Å²) in [7, 11) is 0.812. The normalized spacial score (nSPS) is 19.3. The van der Waals surface area contributed by atoms with E-state index in [0.717, 1.165) is 15.0 Å². The van der Waals surface area contributed by atoms with Crippen LogP contribution in [0.4, 0.5) is 0 Å². The molecule has 0 aromatic heterocycles. The molecule has 0 aromatic carbocycles. The van der Waals surface area contributed by atoms with Gasteiger partial charge in [0.25, 0.3) is 0 Å². The highest BCUT2D eigenvalue weighted by atomic mass is 31.1. The first-order valence-corrected chi connectivity index (χ1v) is 5.35. The highest BCUT2D eigenvalue weighted by molar-refractivity contribution is 7.57. The van der Waals surface area contributed by atoms with Crippen molar-refractivity contribution in [2.75, 3.05) is 6.66 Å². The first-order chi connectivity index (χ1) is 5.04. The van der Waals surface area contributed by atoms with Gasteiger partial charge in [0.05, 0.1) is 11.2 Å². The molecule has 0 aromatic rings. The van der Waals surface area contributed by atoms with E-state index in [-0.39, 0.29) is 5.41 Å². The molecule has 1 rings (SSSR count). The Kier molecular flexibility index (Phi) is 2.43. The molecule has 0 radical (unpaired) electrons. The fraction of sp³-hybridized carbons (Fsp3) is 0.750. The second-order valence-electron chi connectivity index (χ2n) is 3.77. The van der Waals surface area contributed by atoms with Crippen molar-refractivity contribution in [1.82, 2.24) is 0 Å². The molecule has 0 saturated carbocycles. The van der Waals surface area contributed by atoms with Crippen LogP contribution in [0.1, 0.15) is 27.2 Å². The third-order valence-electron chi connectivity index (χ3n) is 1.78. The minimum absolute atomic E-state index is 0.199. The fourth-order valence-corrected chi connectivity index (χ4v) is 1.40. The monoisotopic (exact) mass is 170 g/mol. The van der Waals surface area contributed by atoms with Gasteiger partial charge in [-0.25, -0.2) is 0 Å². The van der Waals surface area contributed by atoms with Gasteiger partial charge in [0.2, 0.25) is 0 Å². The van der Waals surface area contributed by atoms with Crippen LogP contribution in [0.25, 0.3) is 0 Å². The third kappa shape index (κ3) is 2.10. The van der Waals surface area contributed by atoms with Crippen LogP contribution in [0, 0.1) is 5.41 Å². The van der Waals surface area contributed by atoms with E-state index in [1.165, 1.54) is 11.2 Å². The van der Waals surface area contributed by atoms with Gasteiger partial charge in [-0.05, 0) is 6.66 Å². The Hall–Kier alpha value is -0.230. The van der Waals surface area contributed by atoms with Gasteiger partial charge < -0.3 is 0 Å². The van der Waals surface area contributed by atoms with Crippen molar-refractivity contribution >= 4 is 19.7 Å². The molecular formula is C8H15N2P. The molecule has 3 heteroatoms. The van der Waals surface area contributed by atoms with Crippen molar-refractivity contribution in [3.63, 3.8) is 0 Å². The first-order valence-electron chi connectivity index (χ1n) is 3.85. The Morgan fingerprint density at radius 1 is 1.27 bits per heavy atom. The van der Waals surface area contributed by atoms with Crippen molar-refractivity contribution < 1.29 is 0 Å². The average molecular weight is 170 g/mol. The molecule has 0 N–H and O–H groups in total. The van der Waals surface area contributed by atoms with E-state index in [0.29, 0.717) is 0 Å². The summed E-state index contributed by atoms with van der Waals surface area (Å²) in [6, 6.07) is 0. The van der Waals surface area contributed by atoms with Crippen LogP contribution >= 0.6 is 8.58 Å². The van der Waals surface area contributed by atoms with Crippen LogP contribution in [-0.2, 0) is 0 Å². The second kappa shape index (κ2) is 3.02. The molecule has 1 heterocycles. The summed E-state index contributed by atoms with van der Waals surface area (Å²) in [5.74, 6) is 0. The summed E-state index contributed by atoms with van der Waals surface area (Å²) < 4.78 is 0. The van der Waals surface area contributed by atoms with Gasteiger partial charge in [0.1, 0.15) is 0 Å². The summed E-state index contributed by atoms with van der Waals surface area (Å²) in [5, 5.41) is 8.29. The minimum Gasteiger partial charge on any atom is -0.159 e. The lowest BCUT2D eigenvalue weighted by molar-refractivity contribution is 0.585. The van der Waals surface area contributed by atoms with Crippen LogP contribution in [0.3, 0.4) is 0 Å². The largest absolute Gasteiger partial charge is 0.159 e. The zero-order chi connectivity index (χ0) is 8.48. The molecule has 0 spiro atoms. The smallest absolute Gasteiger partial charge is 0.0656 e. The maximum Gasteiger partial charge on any atom is 0.0656 e. The van der Waals surface area contributed by atoms with Gasteiger partial charge in [-0.2, -0.15) is 10.2 Å². The number of rotatable bonds is 1. The zero-order valence-electron chi connectivity index (χ0n) is 7.60. The van der Waals surface area contributed by atoms with Crippen LogP contribution in [0.5, 0.6) is 0 Å². The van der Waals surface area contributed by atoms with Gasteiger partial charge in [-0.15, -0.1) is 0 Å². The third-order valence-corrected chi connectivity index (χ3v) is 2.63. The van der Waals surface area contributed by atoms with Crippen molar-refractivity contribution in [1.29, 1.82) is 0 Å². The highest BCUT2D eigenvalue weighted by Crippen LogP contribution is 2.26. The Bertz CT molecular complexity index is 211. The van der Waals surface area contributed by atoms with Crippen molar-refractivity contribution in [3.8, 4) is 0 Å². The second-order valence-corrected chi connectivity index (χ2v) is 4.85. The summed E-state index contributed by atoms with van der Waals surface area (Å²) in [6.07, 6.45) is 0.998. The van der Waals surface area contributed by atoms with Gasteiger partial charge in [0.15, 0.2) is 0 Å². The quantitative estimate of drug-likeness (QED) is 0.540. The zero-order valence-corrected chi connectivity index (χ0v) is 8.60. The molecule has 1 unspecified atom stereocenters. The van der Waals surface area contributed by atoms with Crippen molar-refractivity contribution in [2.45, 2.75) is 27.2 Å². The van der Waals surface area contributed by atoms with Crippen LogP contribution in [0.2, 0.25) is 0 Å². The van der Waals surface area contributed by atoms with Crippen LogP contribution in [0.15, 0.2) is 10.2 Å². The summed E-state index contributed by atoms with van der Waals surface area (Å²) in [4.78, 5) is 0. The Labute approximate surface area is 70.0 Å². The van der Waals surface area contributed by atoms with E-state index in [1.807, 2.05) is 0 Å². The first kappa shape index (κ1) is 8.86. The lowest BCUT2D eigenvalue weighted by Crippen LogP contribution is -2.19. The van der Waals surface area contributed by atoms with Gasteiger partial charge in [-0.1, -0.05) is 29.4 Å². The molecule has 1 aliphatic heterocycles. The van der Waals surface area contributed by atoms with E-state index in [9.17, 15) is 0 Å². The molecule has 0 amide bonds. The molecule has 62 valence electrons. The van der Waals surface area contributed by atoms with E-state index < -0.39 is 0 Å². The van der Waals surface area contributed by atoms with E-state index in [4.69, 9.17) is 0 Å². The van der Waals surface area contributed by atoms with Crippen LogP contribution in [-0.4, -0.2) is 17.8 Å². The fourth-order valence-electron chi connectivity index (χ4n) is 0.904. The Morgan fingerprint density at radius 3 is 2.18 bits per heavy atom. The van der Waals surface area contributed by atoms with Crippen LogP contribution < -0.4 is 0 Å². The molecular weight excluding hydrogens is 155 g/mol. The lowest BCUT2D eigenvalue weighted by Gasteiger charge is -2.17. The molecule has 1 atom stereocenters. The van der Waals surface area contributed by atoms with E-state index in [1.54, 1.807) is 0 Å². The van der Waals surface area contributed by atoms with E-state index >= 15 is 0 Å². The van der Waals surface area contributed by atoms with Crippen molar-refractivity contribution in [2.24, 2.45) is 15.6 Å². The molecule has 1 aliphatic rings. The SMILES string of the molecule is CPC1=NN=C(C(C)(C)C)C1. The Morgan fingerprint density at radius 2 is 1.91 bits per heavy atom. The maximum absolute atomic E-state index is 4.17. The summed E-state index contributed by atoms with van der Waals surface area (Å²) >= 11 is 0. The molecule has 0 fully saturated rings. The summed E-state index contributed by atoms with van der Waals surface area (Å²) in [6.45, 7) is 8.70. The van der Waals surface area contributed by atoms with Crippen molar-refractivity contribution in [3.05, 3.63) is 0 Å². The summed E-state index contributed by atoms with van der Waals surface area (Å²) in [5.41, 5.74) is 2.67. The lowest BCUT2D eigenvalue weighted by atomic mass is 9.89. The average Bonchev–Trinajstić information content (AvgIpc) is 2.32. The number of nitrogens with zero attached hydrogens (tertiary/aromatic N) is 2. The maximum atomic E-state index is 4.17. The molecule has 0 aliphatic carbocycles. The molecule has 0 saturated heterocycles.